The Balaban J connectivity index is 2.07. The molecule has 0 aliphatic carbocycles. The molecule has 19 heavy (non-hydrogen) atoms. The molecule has 1 saturated heterocycles. The van der Waals surface area contributed by atoms with Gasteiger partial charge in [-0.05, 0) is 25.0 Å². The molecule has 1 aromatic carbocycles. The summed E-state index contributed by atoms with van der Waals surface area (Å²) >= 11 is 0. The first-order valence-electron chi connectivity index (χ1n) is 6.50. The van der Waals surface area contributed by atoms with Crippen LogP contribution in [0.4, 0.5) is 10.1 Å². The van der Waals surface area contributed by atoms with Crippen molar-refractivity contribution in [2.24, 2.45) is 5.73 Å². The number of aryl methyl sites for hydroxylation is 1. The molecule has 5 heteroatoms. The van der Waals surface area contributed by atoms with E-state index >= 15 is 0 Å². The standard InChI is InChI=1S/C14H17FN4/c1-9-2-3-12(14-13(9)17-4-5-18-14)19-7-10(15)6-11(16)8-19/h2-5,10-11H,6-8,16H2,1H3/t10-,11+/m0/s1. The first kappa shape index (κ1) is 12.3. The van der Waals surface area contributed by atoms with Crippen LogP contribution in [0, 0.1) is 6.92 Å². The second-order valence-corrected chi connectivity index (χ2v) is 5.15. The van der Waals surface area contributed by atoms with Gasteiger partial charge in [0.25, 0.3) is 0 Å². The summed E-state index contributed by atoms with van der Waals surface area (Å²) in [5, 5.41) is 0. The number of nitrogens with two attached hydrogens (primary N) is 1. The summed E-state index contributed by atoms with van der Waals surface area (Å²) in [4.78, 5) is 10.7. The quantitative estimate of drug-likeness (QED) is 0.849. The van der Waals surface area contributed by atoms with Gasteiger partial charge in [-0.25, -0.2) is 4.39 Å². The van der Waals surface area contributed by atoms with Gasteiger partial charge in [0, 0.05) is 31.5 Å². The molecule has 0 radical (unpaired) electrons. The maximum atomic E-state index is 13.7. The van der Waals surface area contributed by atoms with Crippen molar-refractivity contribution >= 4 is 16.7 Å². The van der Waals surface area contributed by atoms with E-state index in [2.05, 4.69) is 9.97 Å². The molecule has 0 bridgehead atoms. The Morgan fingerprint density at radius 2 is 1.95 bits per heavy atom. The van der Waals surface area contributed by atoms with Crippen LogP contribution in [-0.4, -0.2) is 35.3 Å². The van der Waals surface area contributed by atoms with Crippen LogP contribution in [0.3, 0.4) is 0 Å². The van der Waals surface area contributed by atoms with Gasteiger partial charge < -0.3 is 10.6 Å². The van der Waals surface area contributed by atoms with Crippen molar-refractivity contribution in [1.82, 2.24) is 9.97 Å². The maximum Gasteiger partial charge on any atom is 0.119 e. The predicted molar refractivity (Wildman–Crippen MR) is 74.0 cm³/mol. The molecule has 3 rings (SSSR count). The summed E-state index contributed by atoms with van der Waals surface area (Å²) in [7, 11) is 0. The minimum absolute atomic E-state index is 0.128. The van der Waals surface area contributed by atoms with Gasteiger partial charge in [0.1, 0.15) is 11.7 Å². The molecular weight excluding hydrogens is 243 g/mol. The highest BCUT2D eigenvalue weighted by atomic mass is 19.1. The molecule has 100 valence electrons. The van der Waals surface area contributed by atoms with E-state index in [9.17, 15) is 4.39 Å². The van der Waals surface area contributed by atoms with E-state index in [1.807, 2.05) is 24.0 Å². The summed E-state index contributed by atoms with van der Waals surface area (Å²) in [5.74, 6) is 0. The number of rotatable bonds is 1. The van der Waals surface area contributed by atoms with Crippen molar-refractivity contribution in [2.75, 3.05) is 18.0 Å². The lowest BCUT2D eigenvalue weighted by Crippen LogP contribution is -2.48. The second-order valence-electron chi connectivity index (χ2n) is 5.15. The van der Waals surface area contributed by atoms with Crippen LogP contribution in [0.2, 0.25) is 0 Å². The average molecular weight is 260 g/mol. The summed E-state index contributed by atoms with van der Waals surface area (Å²) in [5.41, 5.74) is 9.60. The number of hydrogen-bond acceptors (Lipinski definition) is 4. The number of aromatic nitrogens is 2. The molecule has 2 N–H and O–H groups in total. The van der Waals surface area contributed by atoms with Crippen LogP contribution >= 0.6 is 0 Å². The molecule has 1 aromatic heterocycles. The molecule has 1 fully saturated rings. The van der Waals surface area contributed by atoms with Gasteiger partial charge >= 0.3 is 0 Å². The fraction of sp³-hybridized carbons (Fsp3) is 0.429. The van der Waals surface area contributed by atoms with Crippen molar-refractivity contribution in [3.8, 4) is 0 Å². The van der Waals surface area contributed by atoms with Crippen LogP contribution in [0.5, 0.6) is 0 Å². The maximum absolute atomic E-state index is 13.7. The second kappa shape index (κ2) is 4.74. The zero-order valence-electron chi connectivity index (χ0n) is 10.9. The zero-order chi connectivity index (χ0) is 13.4. The van der Waals surface area contributed by atoms with Gasteiger partial charge in [0.05, 0.1) is 11.2 Å². The Hall–Kier alpha value is -1.75. The largest absolute Gasteiger partial charge is 0.365 e. The summed E-state index contributed by atoms with van der Waals surface area (Å²) < 4.78 is 13.7. The van der Waals surface area contributed by atoms with Gasteiger partial charge in [-0.3, -0.25) is 9.97 Å². The van der Waals surface area contributed by atoms with E-state index in [-0.39, 0.29) is 6.04 Å². The number of fused-ring (bicyclic) bond motifs is 1. The van der Waals surface area contributed by atoms with E-state index in [4.69, 9.17) is 5.73 Å². The van der Waals surface area contributed by atoms with Gasteiger partial charge in [-0.1, -0.05) is 6.07 Å². The van der Waals surface area contributed by atoms with Gasteiger partial charge in [0.2, 0.25) is 0 Å². The number of anilines is 1. The van der Waals surface area contributed by atoms with Gasteiger partial charge in [-0.15, -0.1) is 0 Å². The molecule has 2 atom stereocenters. The number of nitrogens with zero attached hydrogens (tertiary/aromatic N) is 3. The third-order valence-electron chi connectivity index (χ3n) is 3.58. The molecule has 0 saturated carbocycles. The highest BCUT2D eigenvalue weighted by molar-refractivity contribution is 5.90. The van der Waals surface area contributed by atoms with Crippen molar-refractivity contribution in [3.05, 3.63) is 30.1 Å². The van der Waals surface area contributed by atoms with Crippen LogP contribution in [0.1, 0.15) is 12.0 Å². The van der Waals surface area contributed by atoms with E-state index in [0.717, 1.165) is 22.3 Å². The van der Waals surface area contributed by atoms with E-state index in [0.29, 0.717) is 19.5 Å². The summed E-state index contributed by atoms with van der Waals surface area (Å²) in [6.07, 6.45) is 2.91. The Kier molecular flexibility index (Phi) is 3.06. The summed E-state index contributed by atoms with van der Waals surface area (Å²) in [6.45, 7) is 3.04. The van der Waals surface area contributed by atoms with Gasteiger partial charge in [0.15, 0.2) is 0 Å². The number of alkyl halides is 1. The van der Waals surface area contributed by atoms with Crippen LogP contribution in [-0.2, 0) is 0 Å². The highest BCUT2D eigenvalue weighted by Crippen LogP contribution is 2.28. The topological polar surface area (TPSA) is 55.0 Å². The Morgan fingerprint density at radius 3 is 2.68 bits per heavy atom. The molecule has 0 amide bonds. The monoisotopic (exact) mass is 260 g/mol. The Morgan fingerprint density at radius 1 is 1.21 bits per heavy atom. The lowest BCUT2D eigenvalue weighted by molar-refractivity contribution is 0.269. The number of benzene rings is 1. The minimum Gasteiger partial charge on any atom is -0.365 e. The third-order valence-corrected chi connectivity index (χ3v) is 3.58. The molecule has 1 aliphatic heterocycles. The predicted octanol–water partition coefficient (Wildman–Crippen LogP) is 1.81. The minimum atomic E-state index is -0.878. The average Bonchev–Trinajstić information content (AvgIpc) is 2.38. The van der Waals surface area contributed by atoms with Crippen LogP contribution < -0.4 is 10.6 Å². The normalized spacial score (nSPS) is 23.8. The first-order chi connectivity index (χ1) is 9.15. The number of halogens is 1. The van der Waals surface area contributed by atoms with Crippen molar-refractivity contribution in [3.63, 3.8) is 0 Å². The smallest absolute Gasteiger partial charge is 0.119 e. The molecule has 4 nitrogen and oxygen atoms in total. The summed E-state index contributed by atoms with van der Waals surface area (Å²) in [6, 6.07) is 3.85. The van der Waals surface area contributed by atoms with Crippen molar-refractivity contribution < 1.29 is 4.39 Å². The zero-order valence-corrected chi connectivity index (χ0v) is 10.9. The lowest BCUT2D eigenvalue weighted by Gasteiger charge is -2.35. The van der Waals surface area contributed by atoms with E-state index < -0.39 is 6.17 Å². The lowest BCUT2D eigenvalue weighted by atomic mass is 10.0. The van der Waals surface area contributed by atoms with E-state index in [1.165, 1.54) is 0 Å². The molecular formula is C14H17FN4. The van der Waals surface area contributed by atoms with Crippen LogP contribution in [0.15, 0.2) is 24.5 Å². The Bertz CT molecular complexity index is 591. The SMILES string of the molecule is Cc1ccc(N2C[C@H](N)C[C@H](F)C2)c2nccnc12. The Labute approximate surface area is 111 Å². The van der Waals surface area contributed by atoms with E-state index in [1.54, 1.807) is 12.4 Å². The van der Waals surface area contributed by atoms with Crippen molar-refractivity contribution in [1.29, 1.82) is 0 Å². The third kappa shape index (κ3) is 2.26. The number of hydrogen-bond donors (Lipinski definition) is 1. The molecule has 0 spiro atoms. The van der Waals surface area contributed by atoms with Gasteiger partial charge in [-0.2, -0.15) is 0 Å². The fourth-order valence-electron chi connectivity index (χ4n) is 2.70. The molecule has 2 heterocycles. The van der Waals surface area contributed by atoms with Crippen molar-refractivity contribution in [2.45, 2.75) is 25.6 Å². The molecule has 1 aliphatic rings. The molecule has 2 aromatic rings. The number of piperidine rings is 1. The van der Waals surface area contributed by atoms with Crippen LogP contribution in [0.25, 0.3) is 11.0 Å². The molecule has 0 unspecified atom stereocenters. The first-order valence-corrected chi connectivity index (χ1v) is 6.50. The fourth-order valence-corrected chi connectivity index (χ4v) is 2.70. The highest BCUT2D eigenvalue weighted by Gasteiger charge is 2.26.